The zero-order valence-electron chi connectivity index (χ0n) is 16.4. The van der Waals surface area contributed by atoms with E-state index >= 15 is 0 Å². The smallest absolute Gasteiger partial charge is 0.162 e. The minimum absolute atomic E-state index is 0.483. The molecule has 1 N–H and O–H groups in total. The maximum Gasteiger partial charge on any atom is 0.162 e. The van der Waals surface area contributed by atoms with E-state index in [-0.39, 0.29) is 0 Å². The van der Waals surface area contributed by atoms with Gasteiger partial charge in [0, 0.05) is 34.8 Å². The average Bonchev–Trinajstić information content (AvgIpc) is 3.55. The second-order valence-electron chi connectivity index (χ2n) is 7.17. The molecule has 4 rings (SSSR count). The summed E-state index contributed by atoms with van der Waals surface area (Å²) in [6.07, 6.45) is 4.58. The number of aliphatic imine (C=N–C) groups is 1. The number of halogens is 2. The molecular formula is C23H22Cl2N4. The Morgan fingerprint density at radius 1 is 1.14 bits per heavy atom. The van der Waals surface area contributed by atoms with Crippen molar-refractivity contribution >= 4 is 45.6 Å². The fourth-order valence-electron chi connectivity index (χ4n) is 3.24. The predicted molar refractivity (Wildman–Crippen MR) is 123 cm³/mol. The van der Waals surface area contributed by atoms with Crippen molar-refractivity contribution in [1.82, 2.24) is 9.97 Å². The monoisotopic (exact) mass is 424 g/mol. The van der Waals surface area contributed by atoms with Crippen LogP contribution in [-0.2, 0) is 0 Å². The summed E-state index contributed by atoms with van der Waals surface area (Å²) >= 11 is 12.3. The van der Waals surface area contributed by atoms with Gasteiger partial charge < -0.3 is 5.32 Å². The second-order valence-corrected chi connectivity index (χ2v) is 7.98. The highest BCUT2D eigenvalue weighted by atomic mass is 35.5. The molecule has 0 radical (unpaired) electrons. The Hall–Kier alpha value is -2.43. The molecule has 1 aliphatic rings. The average molecular weight is 425 g/mol. The maximum atomic E-state index is 6.20. The SMILES string of the molecule is CCN=C(/C=C(\C)Nc1nc(-c2ccc(Cl)c(Cl)c2)nc2ccccc12)C1CC1. The van der Waals surface area contributed by atoms with Crippen LogP contribution in [0.15, 0.2) is 59.2 Å². The van der Waals surface area contributed by atoms with Crippen LogP contribution in [0.5, 0.6) is 0 Å². The molecule has 1 fully saturated rings. The molecule has 0 bridgehead atoms. The summed E-state index contributed by atoms with van der Waals surface area (Å²) in [4.78, 5) is 14.2. The number of hydrogen-bond donors (Lipinski definition) is 1. The number of aromatic nitrogens is 2. The molecule has 29 heavy (non-hydrogen) atoms. The normalized spacial score (nSPS) is 15.0. The molecule has 6 heteroatoms. The van der Waals surface area contributed by atoms with Gasteiger partial charge in [-0.25, -0.2) is 9.97 Å². The summed E-state index contributed by atoms with van der Waals surface area (Å²) in [6.45, 7) is 4.91. The molecule has 1 heterocycles. The Kier molecular flexibility index (Phi) is 5.84. The van der Waals surface area contributed by atoms with Crippen LogP contribution < -0.4 is 5.32 Å². The van der Waals surface area contributed by atoms with Crippen LogP contribution >= 0.6 is 23.2 Å². The molecule has 148 valence electrons. The standard InChI is InChI=1S/C23H22Cl2N4/c1-3-26-21(15-8-9-15)12-14(2)27-23-17-6-4-5-7-20(17)28-22(29-23)16-10-11-18(24)19(25)13-16/h4-7,10-13,15H,3,8-9H2,1-2H3,(H,27,28,29)/b14-12+,26-21?. The summed E-state index contributed by atoms with van der Waals surface area (Å²) in [5, 5.41) is 5.42. The van der Waals surface area contributed by atoms with Gasteiger partial charge >= 0.3 is 0 Å². The van der Waals surface area contributed by atoms with Crippen LogP contribution in [-0.4, -0.2) is 22.2 Å². The van der Waals surface area contributed by atoms with Crippen molar-refractivity contribution in [1.29, 1.82) is 0 Å². The molecular weight excluding hydrogens is 403 g/mol. The summed E-state index contributed by atoms with van der Waals surface area (Å²) in [5.41, 5.74) is 3.86. The van der Waals surface area contributed by atoms with E-state index in [1.807, 2.05) is 37.3 Å². The zero-order valence-corrected chi connectivity index (χ0v) is 17.9. The lowest BCUT2D eigenvalue weighted by Crippen LogP contribution is -2.06. The van der Waals surface area contributed by atoms with Crippen molar-refractivity contribution in [3.05, 3.63) is 64.3 Å². The molecule has 1 aromatic heterocycles. The summed E-state index contributed by atoms with van der Waals surface area (Å²) in [6, 6.07) is 13.4. The molecule has 3 aromatic rings. The quantitative estimate of drug-likeness (QED) is 0.443. The van der Waals surface area contributed by atoms with Crippen molar-refractivity contribution in [3.8, 4) is 11.4 Å². The van der Waals surface area contributed by atoms with E-state index < -0.39 is 0 Å². The minimum atomic E-state index is 0.483. The van der Waals surface area contributed by atoms with Gasteiger partial charge in [0.15, 0.2) is 5.82 Å². The molecule has 1 saturated carbocycles. The first-order valence-electron chi connectivity index (χ1n) is 9.77. The number of benzene rings is 2. The number of nitrogens with zero attached hydrogens (tertiary/aromatic N) is 3. The van der Waals surface area contributed by atoms with Crippen molar-refractivity contribution in [3.63, 3.8) is 0 Å². The Balaban J connectivity index is 1.74. The number of anilines is 1. The lowest BCUT2D eigenvalue weighted by atomic mass is 10.1. The third kappa shape index (κ3) is 4.60. The van der Waals surface area contributed by atoms with Gasteiger partial charge in [0.25, 0.3) is 0 Å². The first-order valence-corrected chi connectivity index (χ1v) is 10.5. The molecule has 0 aliphatic heterocycles. The molecule has 0 unspecified atom stereocenters. The van der Waals surface area contributed by atoms with Crippen LogP contribution in [0.25, 0.3) is 22.3 Å². The molecule has 2 aromatic carbocycles. The topological polar surface area (TPSA) is 50.2 Å². The lowest BCUT2D eigenvalue weighted by molar-refractivity contribution is 1.08. The third-order valence-corrected chi connectivity index (χ3v) is 5.54. The number of hydrogen-bond acceptors (Lipinski definition) is 4. The highest BCUT2D eigenvalue weighted by Crippen LogP contribution is 2.32. The fourth-order valence-corrected chi connectivity index (χ4v) is 3.53. The number of rotatable bonds is 6. The van der Waals surface area contributed by atoms with Gasteiger partial charge in [0.2, 0.25) is 0 Å². The summed E-state index contributed by atoms with van der Waals surface area (Å²) in [5.74, 6) is 1.96. The van der Waals surface area contributed by atoms with Crippen LogP contribution in [0.2, 0.25) is 10.0 Å². The van der Waals surface area contributed by atoms with E-state index in [9.17, 15) is 0 Å². The number of nitrogens with one attached hydrogen (secondary N) is 1. The molecule has 1 aliphatic carbocycles. The maximum absolute atomic E-state index is 6.20. The Labute approximate surface area is 180 Å². The largest absolute Gasteiger partial charge is 0.343 e. The first-order chi connectivity index (χ1) is 14.0. The van der Waals surface area contributed by atoms with Crippen LogP contribution in [0.1, 0.15) is 26.7 Å². The van der Waals surface area contributed by atoms with Crippen LogP contribution in [0.3, 0.4) is 0 Å². The summed E-state index contributed by atoms with van der Waals surface area (Å²) < 4.78 is 0. The zero-order chi connectivity index (χ0) is 20.4. The van der Waals surface area contributed by atoms with E-state index in [1.54, 1.807) is 12.1 Å². The Bertz CT molecular complexity index is 1120. The van der Waals surface area contributed by atoms with Gasteiger partial charge in [0.1, 0.15) is 5.82 Å². The van der Waals surface area contributed by atoms with Crippen molar-refractivity contribution < 1.29 is 0 Å². The highest BCUT2D eigenvalue weighted by Gasteiger charge is 2.26. The molecule has 0 atom stereocenters. The van der Waals surface area contributed by atoms with Gasteiger partial charge in [-0.3, -0.25) is 4.99 Å². The number of para-hydroxylation sites is 1. The van der Waals surface area contributed by atoms with E-state index in [1.165, 1.54) is 18.6 Å². The van der Waals surface area contributed by atoms with Gasteiger partial charge in [-0.15, -0.1) is 0 Å². The highest BCUT2D eigenvalue weighted by molar-refractivity contribution is 6.42. The van der Waals surface area contributed by atoms with Crippen molar-refractivity contribution in [2.24, 2.45) is 10.9 Å². The van der Waals surface area contributed by atoms with Crippen molar-refractivity contribution in [2.75, 3.05) is 11.9 Å². The number of allylic oxidation sites excluding steroid dienone is 2. The Morgan fingerprint density at radius 3 is 2.66 bits per heavy atom. The first kappa shape index (κ1) is 19.9. The fraction of sp³-hybridized carbons (Fsp3) is 0.261. The van der Waals surface area contributed by atoms with Gasteiger partial charge in [0.05, 0.1) is 15.6 Å². The predicted octanol–water partition coefficient (Wildman–Crippen LogP) is 6.79. The molecule has 4 nitrogen and oxygen atoms in total. The van der Waals surface area contributed by atoms with Gasteiger partial charge in [-0.05, 0) is 63.1 Å². The molecule has 0 amide bonds. The number of fused-ring (bicyclic) bond motifs is 1. The van der Waals surface area contributed by atoms with Gasteiger partial charge in [-0.1, -0.05) is 35.3 Å². The Morgan fingerprint density at radius 2 is 1.93 bits per heavy atom. The second kappa shape index (κ2) is 8.52. The summed E-state index contributed by atoms with van der Waals surface area (Å²) in [7, 11) is 0. The van der Waals surface area contributed by atoms with Gasteiger partial charge in [-0.2, -0.15) is 0 Å². The molecule has 0 saturated heterocycles. The lowest BCUT2D eigenvalue weighted by Gasteiger charge is -2.12. The molecule has 0 spiro atoms. The van der Waals surface area contributed by atoms with E-state index in [4.69, 9.17) is 33.2 Å². The van der Waals surface area contributed by atoms with Crippen molar-refractivity contribution in [2.45, 2.75) is 26.7 Å². The minimum Gasteiger partial charge on any atom is -0.343 e. The van der Waals surface area contributed by atoms with Crippen LogP contribution in [0, 0.1) is 5.92 Å². The van der Waals surface area contributed by atoms with Crippen LogP contribution in [0.4, 0.5) is 5.82 Å². The van der Waals surface area contributed by atoms with E-state index in [2.05, 4.69) is 23.3 Å². The third-order valence-electron chi connectivity index (χ3n) is 4.80. The van der Waals surface area contributed by atoms with E-state index in [0.29, 0.717) is 21.8 Å². The van der Waals surface area contributed by atoms with E-state index in [0.717, 1.165) is 34.5 Å².